The van der Waals surface area contributed by atoms with Crippen LogP contribution in [0.1, 0.15) is 16.8 Å². The lowest BCUT2D eigenvalue weighted by Crippen LogP contribution is -2.04. The Balaban J connectivity index is 2.61. The summed E-state index contributed by atoms with van der Waals surface area (Å²) in [4.78, 5) is 0. The molecule has 0 aliphatic rings. The second kappa shape index (κ2) is 5.63. The maximum absolute atomic E-state index is 6.21. The number of benzene rings is 1. The highest BCUT2D eigenvalue weighted by Gasteiger charge is 2.17. The molecule has 0 atom stereocenters. The number of nitrogens with one attached hydrogen (secondary N) is 1. The molecule has 0 aliphatic heterocycles. The molecule has 2 rings (SSSR count). The van der Waals surface area contributed by atoms with Gasteiger partial charge in [-0.15, -0.1) is 0 Å². The number of methoxy groups -OCH3 is 1. The van der Waals surface area contributed by atoms with Crippen molar-refractivity contribution in [1.82, 2.24) is 10.2 Å². The molecule has 0 aliphatic carbocycles. The molecule has 102 valence electrons. The molecule has 1 aromatic heterocycles. The summed E-state index contributed by atoms with van der Waals surface area (Å²) in [5, 5.41) is 8.07. The fraction of sp³-hybridized carbons (Fsp3) is 0.357. The van der Waals surface area contributed by atoms with Crippen LogP contribution in [0, 0.1) is 13.8 Å². The van der Waals surface area contributed by atoms with E-state index >= 15 is 0 Å². The molecule has 0 spiro atoms. The molecule has 2 aromatic rings. The third-order valence-electron chi connectivity index (χ3n) is 3.20. The third kappa shape index (κ3) is 2.60. The Morgan fingerprint density at radius 3 is 2.74 bits per heavy atom. The van der Waals surface area contributed by atoms with Crippen molar-refractivity contribution >= 4 is 11.6 Å². The van der Waals surface area contributed by atoms with Crippen LogP contribution in [0.25, 0.3) is 11.3 Å². The highest BCUT2D eigenvalue weighted by molar-refractivity contribution is 6.31. The molecule has 1 aromatic carbocycles. The summed E-state index contributed by atoms with van der Waals surface area (Å²) in [5.41, 5.74) is 10.5. The average molecular weight is 280 g/mol. The first-order valence-electron chi connectivity index (χ1n) is 6.17. The quantitative estimate of drug-likeness (QED) is 0.904. The Bertz CT molecular complexity index is 593. The Morgan fingerprint density at radius 2 is 2.11 bits per heavy atom. The molecule has 0 bridgehead atoms. The van der Waals surface area contributed by atoms with Gasteiger partial charge in [-0.3, -0.25) is 5.10 Å². The maximum Gasteiger partial charge on any atom is 0.128 e. The van der Waals surface area contributed by atoms with Crippen LogP contribution in [-0.4, -0.2) is 23.9 Å². The molecular formula is C14H18ClN3O. The molecule has 4 nitrogen and oxygen atoms in total. The van der Waals surface area contributed by atoms with Crippen LogP contribution in [0.5, 0.6) is 5.75 Å². The fourth-order valence-corrected chi connectivity index (χ4v) is 2.30. The third-order valence-corrected chi connectivity index (χ3v) is 3.61. The van der Waals surface area contributed by atoms with Gasteiger partial charge in [-0.2, -0.15) is 5.10 Å². The minimum atomic E-state index is 0.579. The Hall–Kier alpha value is -1.52. The van der Waals surface area contributed by atoms with E-state index in [9.17, 15) is 0 Å². The van der Waals surface area contributed by atoms with E-state index in [0.717, 1.165) is 40.2 Å². The number of aryl methyl sites for hydroxylation is 2. The van der Waals surface area contributed by atoms with Crippen molar-refractivity contribution in [2.45, 2.75) is 20.3 Å². The number of halogens is 1. The number of ether oxygens (including phenoxy) is 1. The van der Waals surface area contributed by atoms with Gasteiger partial charge in [0.25, 0.3) is 0 Å². The largest absolute Gasteiger partial charge is 0.496 e. The molecule has 3 N–H and O–H groups in total. The highest BCUT2D eigenvalue weighted by atomic mass is 35.5. The molecule has 1 heterocycles. The van der Waals surface area contributed by atoms with Crippen molar-refractivity contribution in [3.63, 3.8) is 0 Å². The summed E-state index contributed by atoms with van der Waals surface area (Å²) in [6.45, 7) is 4.52. The summed E-state index contributed by atoms with van der Waals surface area (Å²) in [6, 6.07) is 3.82. The molecule has 0 unspecified atom stereocenters. The molecule has 19 heavy (non-hydrogen) atoms. The number of hydrogen-bond donors (Lipinski definition) is 2. The lowest BCUT2D eigenvalue weighted by atomic mass is 10.0. The van der Waals surface area contributed by atoms with Crippen LogP contribution in [-0.2, 0) is 6.42 Å². The summed E-state index contributed by atoms with van der Waals surface area (Å²) in [7, 11) is 1.65. The molecule has 0 radical (unpaired) electrons. The van der Waals surface area contributed by atoms with Gasteiger partial charge in [-0.05, 0) is 44.5 Å². The van der Waals surface area contributed by atoms with E-state index in [1.165, 1.54) is 0 Å². The van der Waals surface area contributed by atoms with E-state index in [4.69, 9.17) is 22.1 Å². The summed E-state index contributed by atoms with van der Waals surface area (Å²) >= 11 is 6.21. The number of aromatic amines is 1. The zero-order valence-corrected chi connectivity index (χ0v) is 12.1. The Kier molecular flexibility index (Phi) is 4.12. The molecular weight excluding hydrogens is 262 g/mol. The van der Waals surface area contributed by atoms with Gasteiger partial charge in [0.05, 0.1) is 12.8 Å². The average Bonchev–Trinajstić information content (AvgIpc) is 2.74. The topological polar surface area (TPSA) is 63.9 Å². The van der Waals surface area contributed by atoms with Crippen molar-refractivity contribution in [3.05, 3.63) is 34.0 Å². The van der Waals surface area contributed by atoms with Gasteiger partial charge in [0.2, 0.25) is 0 Å². The van der Waals surface area contributed by atoms with E-state index in [-0.39, 0.29) is 0 Å². The fourth-order valence-electron chi connectivity index (χ4n) is 2.13. The van der Waals surface area contributed by atoms with Crippen molar-refractivity contribution in [2.75, 3.05) is 13.7 Å². The molecule has 5 heteroatoms. The summed E-state index contributed by atoms with van der Waals surface area (Å²) in [5.74, 6) is 0.770. The highest BCUT2D eigenvalue weighted by Crippen LogP contribution is 2.36. The number of aromatic nitrogens is 2. The first-order chi connectivity index (χ1) is 9.08. The number of hydrogen-bond acceptors (Lipinski definition) is 3. The van der Waals surface area contributed by atoms with Crippen LogP contribution in [0.4, 0.5) is 0 Å². The SMILES string of the molecule is COc1cc(C)c(Cl)cc1-c1n[nH]c(C)c1CCN. The normalized spacial score (nSPS) is 10.8. The predicted molar refractivity (Wildman–Crippen MR) is 77.8 cm³/mol. The maximum atomic E-state index is 6.21. The van der Waals surface area contributed by atoms with Gasteiger partial charge in [-0.1, -0.05) is 11.6 Å². The Morgan fingerprint density at radius 1 is 1.37 bits per heavy atom. The zero-order chi connectivity index (χ0) is 14.0. The monoisotopic (exact) mass is 279 g/mol. The van der Waals surface area contributed by atoms with Gasteiger partial charge in [0, 0.05) is 21.8 Å². The van der Waals surface area contributed by atoms with Crippen LogP contribution in [0.2, 0.25) is 5.02 Å². The second-order valence-electron chi connectivity index (χ2n) is 4.52. The number of rotatable bonds is 4. The van der Waals surface area contributed by atoms with Crippen LogP contribution < -0.4 is 10.5 Å². The van der Waals surface area contributed by atoms with E-state index in [1.54, 1.807) is 7.11 Å². The van der Waals surface area contributed by atoms with Gasteiger partial charge < -0.3 is 10.5 Å². The predicted octanol–water partition coefficient (Wildman–Crippen LogP) is 2.86. The van der Waals surface area contributed by atoms with Gasteiger partial charge in [0.15, 0.2) is 0 Å². The molecule has 0 fully saturated rings. The number of nitrogens with zero attached hydrogens (tertiary/aromatic N) is 1. The van der Waals surface area contributed by atoms with Crippen molar-refractivity contribution < 1.29 is 4.74 Å². The first-order valence-corrected chi connectivity index (χ1v) is 6.54. The first kappa shape index (κ1) is 13.9. The second-order valence-corrected chi connectivity index (χ2v) is 4.92. The van der Waals surface area contributed by atoms with Gasteiger partial charge >= 0.3 is 0 Å². The van der Waals surface area contributed by atoms with Crippen LogP contribution in [0.3, 0.4) is 0 Å². The molecule has 0 saturated heterocycles. The van der Waals surface area contributed by atoms with Crippen molar-refractivity contribution in [1.29, 1.82) is 0 Å². The number of H-pyrrole nitrogens is 1. The minimum absolute atomic E-state index is 0.579. The minimum Gasteiger partial charge on any atom is -0.496 e. The molecule has 0 saturated carbocycles. The lowest BCUT2D eigenvalue weighted by molar-refractivity contribution is 0.416. The Labute approximate surface area is 117 Å². The smallest absolute Gasteiger partial charge is 0.128 e. The molecule has 0 amide bonds. The lowest BCUT2D eigenvalue weighted by Gasteiger charge is -2.11. The standard InChI is InChI=1S/C14H18ClN3O/c1-8-6-13(19-3)11(7-12(8)15)14-10(4-5-16)9(2)17-18-14/h6-7H,4-5,16H2,1-3H3,(H,17,18). The van der Waals surface area contributed by atoms with Gasteiger partial charge in [0.1, 0.15) is 5.75 Å². The van der Waals surface area contributed by atoms with E-state index in [0.29, 0.717) is 11.6 Å². The van der Waals surface area contributed by atoms with Crippen molar-refractivity contribution in [3.8, 4) is 17.0 Å². The summed E-state index contributed by atoms with van der Waals surface area (Å²) < 4.78 is 5.43. The zero-order valence-electron chi connectivity index (χ0n) is 11.4. The van der Waals surface area contributed by atoms with Crippen LogP contribution in [0.15, 0.2) is 12.1 Å². The van der Waals surface area contributed by atoms with E-state index in [1.807, 2.05) is 26.0 Å². The van der Waals surface area contributed by atoms with E-state index < -0.39 is 0 Å². The summed E-state index contributed by atoms with van der Waals surface area (Å²) in [6.07, 6.45) is 0.770. The van der Waals surface area contributed by atoms with Gasteiger partial charge in [-0.25, -0.2) is 0 Å². The van der Waals surface area contributed by atoms with Crippen LogP contribution >= 0.6 is 11.6 Å². The van der Waals surface area contributed by atoms with E-state index in [2.05, 4.69) is 10.2 Å². The van der Waals surface area contributed by atoms with Crippen molar-refractivity contribution in [2.24, 2.45) is 5.73 Å². The number of nitrogens with two attached hydrogens (primary N) is 1.